The molecule has 0 radical (unpaired) electrons. The zero-order valence-corrected chi connectivity index (χ0v) is 7.66. The molecule has 1 unspecified atom stereocenters. The Kier molecular flexibility index (Phi) is 3.23. The highest BCUT2D eigenvalue weighted by Crippen LogP contribution is 2.21. The summed E-state index contributed by atoms with van der Waals surface area (Å²) in [6.45, 7) is 3.42. The van der Waals surface area contributed by atoms with Gasteiger partial charge in [-0.15, -0.1) is 0 Å². The van der Waals surface area contributed by atoms with Gasteiger partial charge in [-0.25, -0.2) is 0 Å². The van der Waals surface area contributed by atoms with Crippen LogP contribution in [0.3, 0.4) is 0 Å². The fourth-order valence-electron chi connectivity index (χ4n) is 0.955. The zero-order chi connectivity index (χ0) is 9.84. The van der Waals surface area contributed by atoms with Gasteiger partial charge in [0.1, 0.15) is 12.4 Å². The lowest BCUT2D eigenvalue weighted by Crippen LogP contribution is -2.01. The second kappa shape index (κ2) is 4.21. The molecule has 1 atom stereocenters. The van der Waals surface area contributed by atoms with E-state index in [1.807, 2.05) is 0 Å². The third-order valence-corrected chi connectivity index (χ3v) is 1.90. The average Bonchev–Trinajstić information content (AvgIpc) is 2.15. The standard InChI is InChI=1S/C10H9ClO2/c1-7(6-12)10(13)8-3-2-4-9(11)5-8/h2-6,10,13H,1H2. The van der Waals surface area contributed by atoms with E-state index in [0.29, 0.717) is 16.9 Å². The minimum absolute atomic E-state index is 0.127. The lowest BCUT2D eigenvalue weighted by molar-refractivity contribution is -0.105. The van der Waals surface area contributed by atoms with Crippen molar-refractivity contribution in [1.29, 1.82) is 0 Å². The van der Waals surface area contributed by atoms with Gasteiger partial charge in [0, 0.05) is 10.6 Å². The van der Waals surface area contributed by atoms with Gasteiger partial charge in [0.25, 0.3) is 0 Å². The summed E-state index contributed by atoms with van der Waals surface area (Å²) in [5.41, 5.74) is 0.701. The molecule has 13 heavy (non-hydrogen) atoms. The number of carbonyl (C=O) groups excluding carboxylic acids is 1. The van der Waals surface area contributed by atoms with Crippen molar-refractivity contribution in [2.24, 2.45) is 0 Å². The fraction of sp³-hybridized carbons (Fsp3) is 0.100. The smallest absolute Gasteiger partial charge is 0.148 e. The molecule has 0 spiro atoms. The Labute approximate surface area is 81.5 Å². The van der Waals surface area contributed by atoms with Crippen molar-refractivity contribution < 1.29 is 9.90 Å². The van der Waals surface area contributed by atoms with Crippen molar-refractivity contribution in [3.05, 3.63) is 47.0 Å². The fourth-order valence-corrected chi connectivity index (χ4v) is 1.15. The Balaban J connectivity index is 2.94. The summed E-state index contributed by atoms with van der Waals surface area (Å²) >= 11 is 5.71. The Bertz CT molecular complexity index is 333. The van der Waals surface area contributed by atoms with Crippen LogP contribution in [-0.2, 0) is 4.79 Å². The van der Waals surface area contributed by atoms with Crippen LogP contribution in [0.1, 0.15) is 11.7 Å². The summed E-state index contributed by atoms with van der Waals surface area (Å²) in [4.78, 5) is 10.3. The molecule has 1 aromatic carbocycles. The zero-order valence-electron chi connectivity index (χ0n) is 6.90. The van der Waals surface area contributed by atoms with Crippen molar-refractivity contribution in [2.75, 3.05) is 0 Å². The van der Waals surface area contributed by atoms with Crippen LogP contribution in [0.25, 0.3) is 0 Å². The normalized spacial score (nSPS) is 12.2. The van der Waals surface area contributed by atoms with Crippen molar-refractivity contribution in [3.63, 3.8) is 0 Å². The Hall–Kier alpha value is -1.12. The minimum atomic E-state index is -0.962. The quantitative estimate of drug-likeness (QED) is 0.594. The van der Waals surface area contributed by atoms with E-state index in [0.717, 1.165) is 0 Å². The molecule has 1 N–H and O–H groups in total. The van der Waals surface area contributed by atoms with Crippen LogP contribution in [0.15, 0.2) is 36.4 Å². The molecule has 0 saturated carbocycles. The lowest BCUT2D eigenvalue weighted by atomic mass is 10.0. The molecular formula is C10H9ClO2. The van der Waals surface area contributed by atoms with E-state index in [9.17, 15) is 9.90 Å². The third kappa shape index (κ3) is 2.41. The van der Waals surface area contributed by atoms with Crippen LogP contribution in [-0.4, -0.2) is 11.4 Å². The highest BCUT2D eigenvalue weighted by Gasteiger charge is 2.10. The highest BCUT2D eigenvalue weighted by atomic mass is 35.5. The van der Waals surface area contributed by atoms with Crippen LogP contribution in [0.2, 0.25) is 5.02 Å². The van der Waals surface area contributed by atoms with E-state index in [2.05, 4.69) is 6.58 Å². The van der Waals surface area contributed by atoms with Gasteiger partial charge in [-0.1, -0.05) is 30.3 Å². The summed E-state index contributed by atoms with van der Waals surface area (Å²) in [5.74, 6) is 0. The molecule has 0 aliphatic carbocycles. The molecule has 0 aromatic heterocycles. The Morgan fingerprint density at radius 3 is 2.85 bits per heavy atom. The number of aliphatic hydroxyl groups excluding tert-OH is 1. The molecule has 0 heterocycles. The van der Waals surface area contributed by atoms with Crippen molar-refractivity contribution in [3.8, 4) is 0 Å². The second-order valence-corrected chi connectivity index (χ2v) is 3.09. The number of hydrogen-bond acceptors (Lipinski definition) is 2. The first-order valence-corrected chi connectivity index (χ1v) is 4.10. The molecular weight excluding hydrogens is 188 g/mol. The molecule has 3 heteroatoms. The number of aldehydes is 1. The molecule has 0 aliphatic heterocycles. The topological polar surface area (TPSA) is 37.3 Å². The molecule has 0 aliphatic rings. The second-order valence-electron chi connectivity index (χ2n) is 2.65. The summed E-state index contributed by atoms with van der Waals surface area (Å²) in [7, 11) is 0. The maximum absolute atomic E-state index is 10.3. The highest BCUT2D eigenvalue weighted by molar-refractivity contribution is 6.30. The maximum atomic E-state index is 10.3. The summed E-state index contributed by atoms with van der Waals surface area (Å²) in [6, 6.07) is 6.69. The Morgan fingerprint density at radius 1 is 1.62 bits per heavy atom. The first-order chi connectivity index (χ1) is 6.15. The van der Waals surface area contributed by atoms with Gasteiger partial charge >= 0.3 is 0 Å². The van der Waals surface area contributed by atoms with Crippen molar-refractivity contribution in [2.45, 2.75) is 6.10 Å². The molecule has 1 aromatic rings. The van der Waals surface area contributed by atoms with Gasteiger partial charge in [-0.05, 0) is 17.7 Å². The summed E-state index contributed by atoms with van der Waals surface area (Å²) in [6.07, 6.45) is -0.429. The number of hydrogen-bond donors (Lipinski definition) is 1. The van der Waals surface area contributed by atoms with Gasteiger partial charge in [-0.3, -0.25) is 4.79 Å². The van der Waals surface area contributed by atoms with E-state index < -0.39 is 6.10 Å². The SMILES string of the molecule is C=C(C=O)C(O)c1cccc(Cl)c1. The van der Waals surface area contributed by atoms with Crippen molar-refractivity contribution >= 4 is 17.9 Å². The van der Waals surface area contributed by atoms with Crippen LogP contribution < -0.4 is 0 Å². The summed E-state index contributed by atoms with van der Waals surface area (Å²) in [5, 5.41) is 10.0. The number of rotatable bonds is 3. The molecule has 2 nitrogen and oxygen atoms in total. The summed E-state index contributed by atoms with van der Waals surface area (Å²) < 4.78 is 0. The molecule has 0 saturated heterocycles. The molecule has 0 amide bonds. The molecule has 0 fully saturated rings. The van der Waals surface area contributed by atoms with E-state index in [1.165, 1.54) is 0 Å². The van der Waals surface area contributed by atoms with E-state index >= 15 is 0 Å². The van der Waals surface area contributed by atoms with Gasteiger partial charge in [0.05, 0.1) is 0 Å². The van der Waals surface area contributed by atoms with E-state index in [1.54, 1.807) is 24.3 Å². The maximum Gasteiger partial charge on any atom is 0.148 e. The first kappa shape index (κ1) is 9.96. The van der Waals surface area contributed by atoms with Crippen LogP contribution in [0.5, 0.6) is 0 Å². The van der Waals surface area contributed by atoms with Crippen LogP contribution >= 0.6 is 11.6 Å². The number of aliphatic hydroxyl groups is 1. The predicted molar refractivity (Wildman–Crippen MR) is 51.6 cm³/mol. The van der Waals surface area contributed by atoms with Crippen LogP contribution in [0.4, 0.5) is 0 Å². The monoisotopic (exact) mass is 196 g/mol. The third-order valence-electron chi connectivity index (χ3n) is 1.67. The first-order valence-electron chi connectivity index (χ1n) is 3.72. The minimum Gasteiger partial charge on any atom is -0.384 e. The predicted octanol–water partition coefficient (Wildman–Crippen LogP) is 2.13. The van der Waals surface area contributed by atoms with E-state index in [4.69, 9.17) is 11.6 Å². The number of halogens is 1. The number of benzene rings is 1. The molecule has 1 rings (SSSR count). The van der Waals surface area contributed by atoms with Gasteiger partial charge in [0.2, 0.25) is 0 Å². The average molecular weight is 197 g/mol. The Morgan fingerprint density at radius 2 is 2.31 bits per heavy atom. The van der Waals surface area contributed by atoms with Gasteiger partial charge < -0.3 is 5.11 Å². The van der Waals surface area contributed by atoms with Crippen LogP contribution in [0, 0.1) is 0 Å². The largest absolute Gasteiger partial charge is 0.384 e. The molecule has 68 valence electrons. The lowest BCUT2D eigenvalue weighted by Gasteiger charge is -2.09. The van der Waals surface area contributed by atoms with Crippen molar-refractivity contribution in [1.82, 2.24) is 0 Å². The number of carbonyl (C=O) groups is 1. The van der Waals surface area contributed by atoms with E-state index in [-0.39, 0.29) is 5.57 Å². The van der Waals surface area contributed by atoms with Gasteiger partial charge in [0.15, 0.2) is 0 Å². The van der Waals surface area contributed by atoms with Gasteiger partial charge in [-0.2, -0.15) is 0 Å². The molecule has 0 bridgehead atoms.